The molecule has 2 aromatic carbocycles. The van der Waals surface area contributed by atoms with Crippen molar-refractivity contribution in [3.8, 4) is 0 Å². The molecule has 0 fully saturated rings. The average Bonchev–Trinajstić information content (AvgIpc) is 2.72. The third kappa shape index (κ3) is 6.26. The highest BCUT2D eigenvalue weighted by molar-refractivity contribution is 7.46. The van der Waals surface area contributed by atoms with Crippen molar-refractivity contribution in [2.24, 2.45) is 7.05 Å². The predicted octanol–water partition coefficient (Wildman–Crippen LogP) is 3.16. The molecule has 1 aromatic heterocycles. The zero-order valence-corrected chi connectivity index (χ0v) is 18.4. The van der Waals surface area contributed by atoms with Gasteiger partial charge in [0.05, 0.1) is 12.1 Å². The van der Waals surface area contributed by atoms with Gasteiger partial charge in [0.1, 0.15) is 5.56 Å². The fourth-order valence-electron chi connectivity index (χ4n) is 3.20. The number of pyridine rings is 1. The number of fused-ring (bicyclic) bond motifs is 1. The van der Waals surface area contributed by atoms with Crippen LogP contribution in [0.1, 0.15) is 27.9 Å². The Morgan fingerprint density at radius 1 is 1.16 bits per heavy atom. The molecular formula is C21H22ClN2O6P. The summed E-state index contributed by atoms with van der Waals surface area (Å²) in [4.78, 5) is 43.1. The molecule has 0 unspecified atom stereocenters. The van der Waals surface area contributed by atoms with Crippen molar-refractivity contribution in [2.45, 2.75) is 19.4 Å². The number of phosphoric ester groups is 1. The van der Waals surface area contributed by atoms with Gasteiger partial charge in [-0.1, -0.05) is 29.8 Å². The highest BCUT2D eigenvalue weighted by Crippen LogP contribution is 2.35. The van der Waals surface area contributed by atoms with Crippen LogP contribution in [0.15, 0.2) is 53.5 Å². The molecule has 1 heterocycles. The van der Waals surface area contributed by atoms with Gasteiger partial charge in [0.25, 0.3) is 5.91 Å². The number of nitrogens with zero attached hydrogens (tertiary/aromatic N) is 1. The minimum Gasteiger partial charge on any atom is -0.350 e. The van der Waals surface area contributed by atoms with Crippen LogP contribution in [0.2, 0.25) is 5.02 Å². The molecule has 0 aliphatic heterocycles. The number of phosphoric acid groups is 1. The summed E-state index contributed by atoms with van der Waals surface area (Å²) in [6, 6.07) is 12.4. The Balaban J connectivity index is 1.78. The molecule has 31 heavy (non-hydrogen) atoms. The minimum absolute atomic E-state index is 0.0333. The van der Waals surface area contributed by atoms with E-state index in [0.29, 0.717) is 28.8 Å². The quantitative estimate of drug-likeness (QED) is 0.348. The van der Waals surface area contributed by atoms with E-state index >= 15 is 0 Å². The molecule has 164 valence electrons. The number of benzene rings is 2. The first-order valence-corrected chi connectivity index (χ1v) is 11.4. The van der Waals surface area contributed by atoms with Crippen molar-refractivity contribution < 1.29 is 23.7 Å². The molecule has 0 saturated heterocycles. The second-order valence-electron chi connectivity index (χ2n) is 7.07. The van der Waals surface area contributed by atoms with Crippen LogP contribution in [0.5, 0.6) is 0 Å². The summed E-state index contributed by atoms with van der Waals surface area (Å²) in [6.07, 6.45) is 2.35. The van der Waals surface area contributed by atoms with Gasteiger partial charge in [0, 0.05) is 30.2 Å². The topological polar surface area (TPSA) is 118 Å². The standard InChI is InChI=1S/C21H22ClN2O6P/c1-24-13-18(21(26)23-12-15-4-7-16(22)8-5-15)20(25)17-11-14(6-9-19(17)24)3-2-10-30-31(27,28)29/h4-9,11,13H,2-3,10,12H2,1H3,(H,23,26)(H2,27,28,29). The van der Waals surface area contributed by atoms with Gasteiger partial charge in [-0.15, -0.1) is 0 Å². The highest BCUT2D eigenvalue weighted by Gasteiger charge is 2.16. The zero-order chi connectivity index (χ0) is 22.6. The van der Waals surface area contributed by atoms with Gasteiger partial charge < -0.3 is 19.7 Å². The van der Waals surface area contributed by atoms with Crippen molar-refractivity contribution in [1.29, 1.82) is 0 Å². The summed E-state index contributed by atoms with van der Waals surface area (Å²) in [5.74, 6) is -0.474. The summed E-state index contributed by atoms with van der Waals surface area (Å²) in [6.45, 7) is 0.157. The van der Waals surface area contributed by atoms with Crippen LogP contribution in [0.3, 0.4) is 0 Å². The Morgan fingerprint density at radius 2 is 1.84 bits per heavy atom. The predicted molar refractivity (Wildman–Crippen MR) is 118 cm³/mol. The first kappa shape index (κ1) is 23.2. The van der Waals surface area contributed by atoms with E-state index in [2.05, 4.69) is 9.84 Å². The molecule has 0 radical (unpaired) electrons. The van der Waals surface area contributed by atoms with E-state index in [9.17, 15) is 14.2 Å². The maximum absolute atomic E-state index is 13.0. The third-order valence-electron chi connectivity index (χ3n) is 4.73. The normalized spacial score (nSPS) is 11.6. The lowest BCUT2D eigenvalue weighted by Crippen LogP contribution is -2.29. The fraction of sp³-hybridized carbons (Fsp3) is 0.238. The molecule has 10 heteroatoms. The first-order valence-electron chi connectivity index (χ1n) is 9.49. The second kappa shape index (κ2) is 9.77. The van der Waals surface area contributed by atoms with Crippen LogP contribution in [-0.2, 0) is 29.1 Å². The molecule has 0 bridgehead atoms. The highest BCUT2D eigenvalue weighted by atomic mass is 35.5. The summed E-state index contributed by atoms with van der Waals surface area (Å²) >= 11 is 5.86. The van der Waals surface area contributed by atoms with Gasteiger partial charge in [0.15, 0.2) is 0 Å². The van der Waals surface area contributed by atoms with E-state index in [4.69, 9.17) is 21.4 Å². The Morgan fingerprint density at radius 3 is 2.52 bits per heavy atom. The number of carbonyl (C=O) groups is 1. The summed E-state index contributed by atoms with van der Waals surface area (Å²) in [5, 5.41) is 3.75. The van der Waals surface area contributed by atoms with Crippen LogP contribution in [0.25, 0.3) is 10.9 Å². The van der Waals surface area contributed by atoms with Crippen LogP contribution in [0.4, 0.5) is 0 Å². The van der Waals surface area contributed by atoms with Crippen molar-refractivity contribution in [3.63, 3.8) is 0 Å². The molecule has 0 spiro atoms. The number of rotatable bonds is 8. The zero-order valence-electron chi connectivity index (χ0n) is 16.7. The summed E-state index contributed by atoms with van der Waals surface area (Å²) < 4.78 is 16.9. The minimum atomic E-state index is -4.49. The molecule has 3 rings (SSSR count). The van der Waals surface area contributed by atoms with E-state index in [1.54, 1.807) is 48.0 Å². The Bertz CT molecular complexity index is 1200. The van der Waals surface area contributed by atoms with E-state index in [1.165, 1.54) is 6.20 Å². The van der Waals surface area contributed by atoms with Crippen molar-refractivity contribution >= 4 is 36.2 Å². The summed E-state index contributed by atoms with van der Waals surface area (Å²) in [5.41, 5.74) is 1.99. The van der Waals surface area contributed by atoms with Crippen molar-refractivity contribution in [3.05, 3.63) is 80.6 Å². The molecule has 0 saturated carbocycles. The van der Waals surface area contributed by atoms with E-state index in [0.717, 1.165) is 11.1 Å². The van der Waals surface area contributed by atoms with Crippen LogP contribution in [0, 0.1) is 0 Å². The maximum atomic E-state index is 13.0. The molecule has 8 nitrogen and oxygen atoms in total. The third-order valence-corrected chi connectivity index (χ3v) is 5.50. The largest absolute Gasteiger partial charge is 0.469 e. The monoisotopic (exact) mass is 464 g/mol. The number of hydrogen-bond acceptors (Lipinski definition) is 4. The lowest BCUT2D eigenvalue weighted by Gasteiger charge is -2.11. The SMILES string of the molecule is Cn1cc(C(=O)NCc2ccc(Cl)cc2)c(=O)c2cc(CCCOP(=O)(O)O)ccc21. The van der Waals surface area contributed by atoms with Gasteiger partial charge >= 0.3 is 7.82 Å². The van der Waals surface area contributed by atoms with E-state index < -0.39 is 13.7 Å². The van der Waals surface area contributed by atoms with Gasteiger partial charge in [-0.2, -0.15) is 0 Å². The lowest BCUT2D eigenvalue weighted by atomic mass is 10.0. The number of amides is 1. The van der Waals surface area contributed by atoms with Crippen molar-refractivity contribution in [2.75, 3.05) is 6.61 Å². The number of aryl methyl sites for hydroxylation is 2. The van der Waals surface area contributed by atoms with Crippen molar-refractivity contribution in [1.82, 2.24) is 9.88 Å². The number of carbonyl (C=O) groups excluding carboxylic acids is 1. The number of aromatic nitrogens is 1. The Kier molecular flexibility index (Phi) is 7.30. The smallest absolute Gasteiger partial charge is 0.350 e. The molecule has 1 amide bonds. The maximum Gasteiger partial charge on any atom is 0.469 e. The van der Waals surface area contributed by atoms with E-state index in [1.807, 2.05) is 6.07 Å². The second-order valence-corrected chi connectivity index (χ2v) is 8.75. The summed E-state index contributed by atoms with van der Waals surface area (Å²) in [7, 11) is -2.74. The van der Waals surface area contributed by atoms with Gasteiger partial charge in [-0.25, -0.2) is 4.57 Å². The van der Waals surface area contributed by atoms with E-state index in [-0.39, 0.29) is 24.1 Å². The molecule has 0 aliphatic carbocycles. The molecule has 3 N–H and O–H groups in total. The van der Waals surface area contributed by atoms with Crippen LogP contribution < -0.4 is 10.7 Å². The fourth-order valence-corrected chi connectivity index (χ4v) is 3.69. The number of hydrogen-bond donors (Lipinski definition) is 3. The number of nitrogens with one attached hydrogen (secondary N) is 1. The van der Waals surface area contributed by atoms with Crippen LogP contribution >= 0.6 is 19.4 Å². The first-order chi connectivity index (χ1) is 14.6. The molecule has 3 aromatic rings. The number of halogens is 1. The lowest BCUT2D eigenvalue weighted by molar-refractivity contribution is 0.0949. The average molecular weight is 465 g/mol. The molecular weight excluding hydrogens is 443 g/mol. The van der Waals surface area contributed by atoms with Gasteiger partial charge in [-0.05, 0) is 48.2 Å². The molecule has 0 aliphatic rings. The van der Waals surface area contributed by atoms with Gasteiger partial charge in [-0.3, -0.25) is 14.1 Å². The molecule has 0 atom stereocenters. The Hall–Kier alpha value is -2.48. The van der Waals surface area contributed by atoms with Crippen LogP contribution in [-0.4, -0.2) is 26.9 Å². The Labute approximate surface area is 183 Å². The van der Waals surface area contributed by atoms with Gasteiger partial charge in [0.2, 0.25) is 5.43 Å².